The molecule has 0 saturated heterocycles. The summed E-state index contributed by atoms with van der Waals surface area (Å²) in [4.78, 5) is 42.8. The van der Waals surface area contributed by atoms with Crippen molar-refractivity contribution in [3.63, 3.8) is 0 Å². The molecule has 1 aliphatic rings. The molecule has 0 saturated carbocycles. The van der Waals surface area contributed by atoms with Gasteiger partial charge in [-0.3, -0.25) is 19.3 Å². The van der Waals surface area contributed by atoms with E-state index < -0.39 is 35.8 Å². The second kappa shape index (κ2) is 11.0. The standard InChI is InChI=1S/C24H21F2N3O7/c1-33-7-6-27-24(32)17-11-36-22(28-17)10-29-18-8-14(2-4-21(18)35-13-23(29)31)19(30)12-34-20-5-3-15(25)9-16(20)26/h2-5,8-9,11H,6-7,10,12-13H2,1H3,(H,27,32). The van der Waals surface area contributed by atoms with Crippen LogP contribution in [0, 0.1) is 11.6 Å². The molecular weight excluding hydrogens is 480 g/mol. The molecule has 0 fully saturated rings. The Morgan fingerprint density at radius 1 is 1.19 bits per heavy atom. The van der Waals surface area contributed by atoms with Crippen LogP contribution in [-0.2, 0) is 16.1 Å². The molecule has 0 aliphatic carbocycles. The zero-order valence-electron chi connectivity index (χ0n) is 19.1. The minimum absolute atomic E-state index is 0.0381. The number of nitrogens with one attached hydrogen (secondary N) is 1. The van der Waals surface area contributed by atoms with Gasteiger partial charge in [0.25, 0.3) is 11.8 Å². The third-order valence-corrected chi connectivity index (χ3v) is 5.15. The maximum absolute atomic E-state index is 13.8. The lowest BCUT2D eigenvalue weighted by atomic mass is 10.1. The molecule has 36 heavy (non-hydrogen) atoms. The number of ether oxygens (including phenoxy) is 3. The molecule has 4 rings (SSSR count). The fourth-order valence-corrected chi connectivity index (χ4v) is 3.35. The zero-order chi connectivity index (χ0) is 25.7. The Morgan fingerprint density at radius 3 is 2.81 bits per heavy atom. The van der Waals surface area contributed by atoms with Gasteiger partial charge in [-0.1, -0.05) is 0 Å². The van der Waals surface area contributed by atoms with Crippen LogP contribution in [0.25, 0.3) is 0 Å². The van der Waals surface area contributed by atoms with Crippen LogP contribution >= 0.6 is 0 Å². The highest BCUT2D eigenvalue weighted by molar-refractivity contribution is 6.02. The van der Waals surface area contributed by atoms with E-state index >= 15 is 0 Å². The number of aromatic nitrogens is 1. The summed E-state index contributed by atoms with van der Waals surface area (Å²) >= 11 is 0. The first-order valence-corrected chi connectivity index (χ1v) is 10.8. The highest BCUT2D eigenvalue weighted by Gasteiger charge is 2.28. The number of rotatable bonds is 10. The number of methoxy groups -OCH3 is 1. The maximum atomic E-state index is 13.8. The largest absolute Gasteiger partial charge is 0.482 e. The van der Waals surface area contributed by atoms with E-state index in [9.17, 15) is 23.2 Å². The molecule has 0 bridgehead atoms. The highest BCUT2D eigenvalue weighted by Crippen LogP contribution is 2.34. The molecule has 2 heterocycles. The first-order chi connectivity index (χ1) is 17.4. The van der Waals surface area contributed by atoms with Crippen molar-refractivity contribution in [1.82, 2.24) is 10.3 Å². The third kappa shape index (κ3) is 5.66. The Balaban J connectivity index is 1.47. The fourth-order valence-electron chi connectivity index (χ4n) is 3.35. The van der Waals surface area contributed by atoms with E-state index in [0.29, 0.717) is 25.0 Å². The van der Waals surface area contributed by atoms with Crippen LogP contribution in [0.1, 0.15) is 26.7 Å². The second-order valence-corrected chi connectivity index (χ2v) is 7.61. The molecule has 0 atom stereocenters. The number of halogens is 2. The molecule has 0 radical (unpaired) electrons. The molecule has 3 aromatic rings. The third-order valence-electron chi connectivity index (χ3n) is 5.15. The van der Waals surface area contributed by atoms with Crippen LogP contribution in [0.5, 0.6) is 11.5 Å². The molecule has 2 amide bonds. The van der Waals surface area contributed by atoms with E-state index in [1.807, 2.05) is 0 Å². The number of fused-ring (bicyclic) bond motifs is 1. The maximum Gasteiger partial charge on any atom is 0.273 e. The topological polar surface area (TPSA) is 120 Å². The van der Waals surface area contributed by atoms with E-state index in [0.717, 1.165) is 12.1 Å². The Morgan fingerprint density at radius 2 is 2.03 bits per heavy atom. The number of carbonyl (C=O) groups is 3. The van der Waals surface area contributed by atoms with Gasteiger partial charge in [0, 0.05) is 25.3 Å². The van der Waals surface area contributed by atoms with Crippen LogP contribution in [0.2, 0.25) is 0 Å². The quantitative estimate of drug-likeness (QED) is 0.333. The van der Waals surface area contributed by atoms with Gasteiger partial charge in [0.1, 0.15) is 24.4 Å². The van der Waals surface area contributed by atoms with Gasteiger partial charge in [0.2, 0.25) is 5.89 Å². The predicted molar refractivity (Wildman–Crippen MR) is 120 cm³/mol. The van der Waals surface area contributed by atoms with Crippen molar-refractivity contribution in [3.05, 3.63) is 71.4 Å². The molecule has 0 unspecified atom stereocenters. The molecule has 1 aliphatic heterocycles. The molecule has 1 N–H and O–H groups in total. The number of anilines is 1. The van der Waals surface area contributed by atoms with Crippen molar-refractivity contribution in [3.8, 4) is 11.5 Å². The summed E-state index contributed by atoms with van der Waals surface area (Å²) in [7, 11) is 1.51. The van der Waals surface area contributed by atoms with Crippen molar-refractivity contribution >= 4 is 23.3 Å². The number of amides is 2. The van der Waals surface area contributed by atoms with Crippen LogP contribution in [0.15, 0.2) is 47.1 Å². The van der Waals surface area contributed by atoms with Gasteiger partial charge < -0.3 is 23.9 Å². The summed E-state index contributed by atoms with van der Waals surface area (Å²) in [6, 6.07) is 7.18. The Bertz CT molecular complexity index is 1290. The van der Waals surface area contributed by atoms with E-state index in [1.165, 1.54) is 36.5 Å². The van der Waals surface area contributed by atoms with Crippen LogP contribution in [0.4, 0.5) is 14.5 Å². The summed E-state index contributed by atoms with van der Waals surface area (Å²) in [6.45, 7) is -0.243. The molecule has 188 valence electrons. The monoisotopic (exact) mass is 501 g/mol. The zero-order valence-corrected chi connectivity index (χ0v) is 19.1. The molecular formula is C24H21F2N3O7. The van der Waals surface area contributed by atoms with Crippen molar-refractivity contribution in [1.29, 1.82) is 0 Å². The fraction of sp³-hybridized carbons (Fsp3) is 0.250. The minimum Gasteiger partial charge on any atom is -0.482 e. The number of Topliss-reactive ketones (excluding diaryl/α,β-unsaturated/α-hetero) is 1. The van der Waals surface area contributed by atoms with Crippen molar-refractivity contribution in [2.45, 2.75) is 6.54 Å². The van der Waals surface area contributed by atoms with Crippen LogP contribution in [0.3, 0.4) is 0 Å². The lowest BCUT2D eigenvalue weighted by molar-refractivity contribution is -0.121. The second-order valence-electron chi connectivity index (χ2n) is 7.61. The van der Waals surface area contributed by atoms with Crippen LogP contribution in [-0.4, -0.2) is 56.1 Å². The van der Waals surface area contributed by atoms with E-state index in [4.69, 9.17) is 18.6 Å². The molecule has 1 aromatic heterocycles. The van der Waals surface area contributed by atoms with E-state index in [2.05, 4.69) is 10.3 Å². The highest BCUT2D eigenvalue weighted by atomic mass is 19.1. The SMILES string of the molecule is COCCNC(=O)c1coc(CN2C(=O)COc3ccc(C(=O)COc4ccc(F)cc4F)cc32)n1. The van der Waals surface area contributed by atoms with Gasteiger partial charge >= 0.3 is 0 Å². The summed E-state index contributed by atoms with van der Waals surface area (Å²) in [6.07, 6.45) is 1.18. The average Bonchev–Trinajstić information content (AvgIpc) is 3.34. The summed E-state index contributed by atoms with van der Waals surface area (Å²) < 4.78 is 47.7. The number of carbonyl (C=O) groups excluding carboxylic acids is 3. The summed E-state index contributed by atoms with van der Waals surface area (Å²) in [5.41, 5.74) is 0.496. The minimum atomic E-state index is -0.934. The van der Waals surface area contributed by atoms with Gasteiger partial charge in [-0.2, -0.15) is 0 Å². The van der Waals surface area contributed by atoms with Gasteiger partial charge in [-0.15, -0.1) is 0 Å². The Kier molecular flexibility index (Phi) is 7.54. The smallest absolute Gasteiger partial charge is 0.273 e. The summed E-state index contributed by atoms with van der Waals surface area (Å²) in [5.74, 6) is -2.91. The number of oxazole rings is 1. The normalized spacial score (nSPS) is 12.6. The van der Waals surface area contributed by atoms with Gasteiger partial charge in [0.05, 0.1) is 12.3 Å². The van der Waals surface area contributed by atoms with Crippen molar-refractivity contribution < 1.29 is 41.8 Å². The number of ketones is 1. The molecule has 0 spiro atoms. The molecule has 12 heteroatoms. The first kappa shape index (κ1) is 24.8. The van der Waals surface area contributed by atoms with Crippen molar-refractivity contribution in [2.75, 3.05) is 38.4 Å². The van der Waals surface area contributed by atoms with E-state index in [-0.39, 0.29) is 41.7 Å². The first-order valence-electron chi connectivity index (χ1n) is 10.8. The number of hydrogen-bond acceptors (Lipinski definition) is 8. The predicted octanol–water partition coefficient (Wildman–Crippen LogP) is 2.52. The van der Waals surface area contributed by atoms with Gasteiger partial charge in [-0.25, -0.2) is 13.8 Å². The number of hydrogen-bond donors (Lipinski definition) is 1. The van der Waals surface area contributed by atoms with E-state index in [1.54, 1.807) is 0 Å². The molecule has 10 nitrogen and oxygen atoms in total. The lowest BCUT2D eigenvalue weighted by Gasteiger charge is -2.28. The number of nitrogens with zero attached hydrogens (tertiary/aromatic N) is 2. The molecule has 2 aromatic carbocycles. The summed E-state index contributed by atoms with van der Waals surface area (Å²) in [5, 5.41) is 2.61. The van der Waals surface area contributed by atoms with Gasteiger partial charge in [-0.05, 0) is 30.3 Å². The Labute approximate surface area is 203 Å². The Hall–Kier alpha value is -4.32. The van der Waals surface area contributed by atoms with Crippen molar-refractivity contribution in [2.24, 2.45) is 0 Å². The van der Waals surface area contributed by atoms with Gasteiger partial charge in [0.15, 0.2) is 36.3 Å². The van der Waals surface area contributed by atoms with Crippen LogP contribution < -0.4 is 19.7 Å². The number of benzene rings is 2. The lowest BCUT2D eigenvalue weighted by Crippen LogP contribution is -2.38. The average molecular weight is 501 g/mol.